The number of hydrogen-bond donors (Lipinski definition) is 2. The van der Waals surface area contributed by atoms with E-state index in [0.29, 0.717) is 23.2 Å². The molecule has 0 saturated carbocycles. The van der Waals surface area contributed by atoms with E-state index in [0.717, 1.165) is 65.2 Å². The van der Waals surface area contributed by atoms with E-state index in [1.165, 1.54) is 0 Å². The number of H-pyrrole nitrogens is 1. The van der Waals surface area contributed by atoms with E-state index in [2.05, 4.69) is 50.2 Å². The van der Waals surface area contributed by atoms with E-state index >= 15 is 0 Å². The van der Waals surface area contributed by atoms with Crippen LogP contribution in [-0.2, 0) is 0 Å². The lowest BCUT2D eigenvalue weighted by molar-refractivity contribution is 0.249. The van der Waals surface area contributed by atoms with Crippen LogP contribution < -0.4 is 15.8 Å². The van der Waals surface area contributed by atoms with Gasteiger partial charge in [-0.2, -0.15) is 5.10 Å². The quantitative estimate of drug-likeness (QED) is 0.273. The molecule has 0 amide bonds. The summed E-state index contributed by atoms with van der Waals surface area (Å²) in [6.07, 6.45) is 9.44. The summed E-state index contributed by atoms with van der Waals surface area (Å²) in [6.45, 7) is 5.87. The molecule has 6 heterocycles. The number of anilines is 2. The predicted octanol–water partition coefficient (Wildman–Crippen LogP) is 4.83. The number of fused-ring (bicyclic) bond motifs is 2. The lowest BCUT2D eigenvalue weighted by Gasteiger charge is -2.35. The SMILES string of the molecule is Cc1ccn2nc(C(C)Nc3ncnc4[nH]cc(-c5ccnc(N6CCC(N(C)C)CC6)c5)c34)n(-c3ccccc3)c(=O)c12. The van der Waals surface area contributed by atoms with Gasteiger partial charge < -0.3 is 20.1 Å². The number of para-hydroxylation sites is 1. The molecule has 0 radical (unpaired) electrons. The summed E-state index contributed by atoms with van der Waals surface area (Å²) < 4.78 is 3.35. The minimum atomic E-state index is -0.373. The van der Waals surface area contributed by atoms with Gasteiger partial charge in [-0.3, -0.25) is 9.36 Å². The fourth-order valence-electron chi connectivity index (χ4n) is 6.28. The highest BCUT2D eigenvalue weighted by molar-refractivity contribution is 6.01. The first kappa shape index (κ1) is 27.8. The Morgan fingerprint density at radius 1 is 1.05 bits per heavy atom. The zero-order chi connectivity index (χ0) is 30.4. The number of aromatic nitrogens is 7. The molecule has 5 aromatic heterocycles. The van der Waals surface area contributed by atoms with Gasteiger partial charge in [0.2, 0.25) is 0 Å². The number of benzene rings is 1. The van der Waals surface area contributed by atoms with Gasteiger partial charge in [0, 0.05) is 43.3 Å². The van der Waals surface area contributed by atoms with Crippen molar-refractivity contribution in [2.75, 3.05) is 37.4 Å². The zero-order valence-corrected chi connectivity index (χ0v) is 25.4. The molecule has 0 bridgehead atoms. The molecule has 7 rings (SSSR count). The molecule has 1 aromatic carbocycles. The van der Waals surface area contributed by atoms with Crippen LogP contribution in [-0.4, -0.2) is 72.2 Å². The van der Waals surface area contributed by atoms with Crippen molar-refractivity contribution in [2.24, 2.45) is 0 Å². The van der Waals surface area contributed by atoms with Crippen LogP contribution in [0.5, 0.6) is 0 Å². The lowest BCUT2D eigenvalue weighted by atomic mass is 10.0. The monoisotopic (exact) mass is 588 g/mol. The van der Waals surface area contributed by atoms with Gasteiger partial charge in [0.15, 0.2) is 5.82 Å². The van der Waals surface area contributed by atoms with Gasteiger partial charge in [-0.15, -0.1) is 0 Å². The summed E-state index contributed by atoms with van der Waals surface area (Å²) in [5.74, 6) is 2.20. The summed E-state index contributed by atoms with van der Waals surface area (Å²) in [5.41, 5.74) is 4.81. The number of aryl methyl sites for hydroxylation is 1. The molecule has 6 aromatic rings. The summed E-state index contributed by atoms with van der Waals surface area (Å²) in [6, 6.07) is 15.9. The molecule has 2 N–H and O–H groups in total. The molecule has 1 saturated heterocycles. The van der Waals surface area contributed by atoms with Gasteiger partial charge in [0.25, 0.3) is 5.56 Å². The fourth-order valence-corrected chi connectivity index (χ4v) is 6.28. The maximum Gasteiger partial charge on any atom is 0.282 e. The maximum atomic E-state index is 13.8. The average molecular weight is 589 g/mol. The van der Waals surface area contributed by atoms with Gasteiger partial charge in [-0.05, 0) is 82.2 Å². The summed E-state index contributed by atoms with van der Waals surface area (Å²) in [4.78, 5) is 35.7. The molecule has 1 aliphatic heterocycles. The van der Waals surface area contributed by atoms with E-state index in [-0.39, 0.29) is 11.6 Å². The van der Waals surface area contributed by atoms with Gasteiger partial charge in [0.1, 0.15) is 29.1 Å². The van der Waals surface area contributed by atoms with Crippen LogP contribution in [0.1, 0.15) is 37.2 Å². The Morgan fingerprint density at radius 3 is 2.61 bits per heavy atom. The van der Waals surface area contributed by atoms with Crippen molar-refractivity contribution < 1.29 is 0 Å². The Kier molecular flexibility index (Phi) is 7.09. The normalized spacial score (nSPS) is 15.0. The second-order valence-electron chi connectivity index (χ2n) is 11.7. The molecule has 11 heteroatoms. The van der Waals surface area contributed by atoms with E-state index in [9.17, 15) is 4.79 Å². The molecular formula is C33H36N10O. The van der Waals surface area contributed by atoms with Gasteiger partial charge >= 0.3 is 0 Å². The van der Waals surface area contributed by atoms with Crippen molar-refractivity contribution in [3.8, 4) is 16.8 Å². The molecule has 1 aliphatic rings. The lowest BCUT2D eigenvalue weighted by Crippen LogP contribution is -2.42. The molecule has 11 nitrogen and oxygen atoms in total. The van der Waals surface area contributed by atoms with Crippen molar-refractivity contribution in [1.82, 2.24) is 39.0 Å². The van der Waals surface area contributed by atoms with Crippen molar-refractivity contribution in [3.05, 3.63) is 95.2 Å². The third-order valence-corrected chi connectivity index (χ3v) is 8.71. The Labute approximate surface area is 255 Å². The number of piperidine rings is 1. The highest BCUT2D eigenvalue weighted by Crippen LogP contribution is 2.35. The molecule has 0 aliphatic carbocycles. The number of rotatable bonds is 7. The fraction of sp³-hybridized carbons (Fsp3) is 0.303. The Balaban J connectivity index is 1.26. The Hall–Kier alpha value is -5.03. The van der Waals surface area contributed by atoms with Crippen LogP contribution in [0.15, 0.2) is 78.2 Å². The van der Waals surface area contributed by atoms with Crippen LogP contribution in [0.4, 0.5) is 11.6 Å². The topological polar surface area (TPSA) is 112 Å². The molecule has 1 atom stereocenters. The maximum absolute atomic E-state index is 13.8. The van der Waals surface area contributed by atoms with E-state index in [1.54, 1.807) is 15.4 Å². The van der Waals surface area contributed by atoms with Gasteiger partial charge in [0.05, 0.1) is 17.1 Å². The van der Waals surface area contributed by atoms with Crippen LogP contribution in [0, 0.1) is 6.92 Å². The highest BCUT2D eigenvalue weighted by atomic mass is 16.1. The molecule has 44 heavy (non-hydrogen) atoms. The molecular weight excluding hydrogens is 552 g/mol. The second kappa shape index (κ2) is 11.2. The Bertz CT molecular complexity index is 2000. The first-order chi connectivity index (χ1) is 21.4. The smallest absolute Gasteiger partial charge is 0.282 e. The highest BCUT2D eigenvalue weighted by Gasteiger charge is 2.24. The molecule has 224 valence electrons. The van der Waals surface area contributed by atoms with Crippen molar-refractivity contribution in [3.63, 3.8) is 0 Å². The van der Waals surface area contributed by atoms with Crippen LogP contribution >= 0.6 is 0 Å². The number of hydrogen-bond acceptors (Lipinski definition) is 8. The van der Waals surface area contributed by atoms with Crippen molar-refractivity contribution >= 4 is 28.2 Å². The summed E-state index contributed by atoms with van der Waals surface area (Å²) >= 11 is 0. The number of aromatic amines is 1. The standard InChI is InChI=1S/C33H36N10O/c1-21-11-17-42-29(21)33(44)43(25-8-6-5-7-9-25)32(39-42)22(2)38-31-28-26(19-35-30(28)36-20-37-31)23-10-14-34-27(18-23)41-15-12-24(13-16-41)40(3)4/h5-11,14,17-20,22,24H,12-13,15-16H2,1-4H3,(H2,35,36,37,38). The first-order valence-corrected chi connectivity index (χ1v) is 15.0. The minimum Gasteiger partial charge on any atom is -0.360 e. The average Bonchev–Trinajstić information content (AvgIpc) is 3.66. The molecule has 1 unspecified atom stereocenters. The number of nitrogens with one attached hydrogen (secondary N) is 2. The predicted molar refractivity (Wildman–Crippen MR) is 174 cm³/mol. The Morgan fingerprint density at radius 2 is 1.84 bits per heavy atom. The largest absolute Gasteiger partial charge is 0.360 e. The number of pyridine rings is 1. The van der Waals surface area contributed by atoms with Crippen LogP contribution in [0.25, 0.3) is 33.4 Å². The molecule has 1 fully saturated rings. The van der Waals surface area contributed by atoms with E-state index < -0.39 is 0 Å². The number of nitrogens with zero attached hydrogens (tertiary/aromatic N) is 8. The third kappa shape index (κ3) is 4.88. The van der Waals surface area contributed by atoms with Crippen LogP contribution in [0.3, 0.4) is 0 Å². The third-order valence-electron chi connectivity index (χ3n) is 8.71. The zero-order valence-electron chi connectivity index (χ0n) is 25.4. The summed E-state index contributed by atoms with van der Waals surface area (Å²) in [7, 11) is 4.31. The minimum absolute atomic E-state index is 0.119. The molecule has 0 spiro atoms. The van der Waals surface area contributed by atoms with Crippen LogP contribution in [0.2, 0.25) is 0 Å². The van der Waals surface area contributed by atoms with E-state index in [4.69, 9.17) is 10.1 Å². The van der Waals surface area contributed by atoms with Gasteiger partial charge in [-0.1, -0.05) is 18.2 Å². The first-order valence-electron chi connectivity index (χ1n) is 15.0. The van der Waals surface area contributed by atoms with E-state index in [1.807, 2.05) is 74.9 Å². The summed E-state index contributed by atoms with van der Waals surface area (Å²) in [5, 5.41) is 9.34. The van der Waals surface area contributed by atoms with Crippen molar-refractivity contribution in [2.45, 2.75) is 38.8 Å². The second-order valence-corrected chi connectivity index (χ2v) is 11.7. The van der Waals surface area contributed by atoms with Crippen molar-refractivity contribution in [1.29, 1.82) is 0 Å². The van der Waals surface area contributed by atoms with Gasteiger partial charge in [-0.25, -0.2) is 19.5 Å².